The molecule has 1 heteroatoms. The molecule has 0 aliphatic heterocycles. The molecule has 0 amide bonds. The van der Waals surface area contributed by atoms with Crippen molar-refractivity contribution in [2.75, 3.05) is 0 Å². The lowest BCUT2D eigenvalue weighted by Crippen LogP contribution is -2.28. The van der Waals surface area contributed by atoms with Gasteiger partial charge in [-0.15, -0.1) is 0 Å². The molecule has 136 valence electrons. The number of nitriles is 1. The second-order valence-electron chi connectivity index (χ2n) is 11.9. The summed E-state index contributed by atoms with van der Waals surface area (Å²) in [7, 11) is 0. The van der Waals surface area contributed by atoms with E-state index in [4.69, 9.17) is 5.26 Å². The van der Waals surface area contributed by atoms with Crippen molar-refractivity contribution in [2.45, 2.75) is 95.4 Å². The fourth-order valence-corrected chi connectivity index (χ4v) is 3.49. The van der Waals surface area contributed by atoms with Crippen LogP contribution >= 0.6 is 0 Å². The maximum Gasteiger partial charge on any atom is 0.0658 e. The summed E-state index contributed by atoms with van der Waals surface area (Å²) < 4.78 is 0. The van der Waals surface area contributed by atoms with Crippen LogP contribution in [0, 0.1) is 51.2 Å². The molecule has 2 fully saturated rings. The van der Waals surface area contributed by atoms with Gasteiger partial charge in [-0.05, 0) is 53.3 Å². The number of nitrogens with zero attached hydrogens (tertiary/aromatic N) is 1. The molecule has 0 radical (unpaired) electrons. The quantitative estimate of drug-likeness (QED) is 0.458. The van der Waals surface area contributed by atoms with E-state index in [1.165, 1.54) is 19.3 Å². The fraction of sp³-hybridized carbons (Fsp3) is 0.955. The minimum Gasteiger partial charge on any atom is -0.198 e. The van der Waals surface area contributed by atoms with Gasteiger partial charge in [0.25, 0.3) is 0 Å². The highest BCUT2D eigenvalue weighted by Crippen LogP contribution is 2.56. The lowest BCUT2D eigenvalue weighted by molar-refractivity contribution is 0.148. The summed E-state index contributed by atoms with van der Waals surface area (Å²) >= 11 is 0. The van der Waals surface area contributed by atoms with Gasteiger partial charge in [0.15, 0.2) is 0 Å². The van der Waals surface area contributed by atoms with E-state index in [0.717, 1.165) is 17.8 Å². The van der Waals surface area contributed by atoms with Gasteiger partial charge in [-0.3, -0.25) is 0 Å². The van der Waals surface area contributed by atoms with Crippen molar-refractivity contribution in [1.29, 1.82) is 5.26 Å². The standard InChI is InChI=1S/C12H19N.2C5H12/c1-12(2,3)11-6-8-4-9(11)5-10(8)7-13;2*1-5(2,3)4/h8-11H,4-6H2,1-3H3;2*1-4H3. The van der Waals surface area contributed by atoms with Gasteiger partial charge in [-0.25, -0.2) is 0 Å². The fourth-order valence-electron chi connectivity index (χ4n) is 3.49. The smallest absolute Gasteiger partial charge is 0.0658 e. The molecule has 2 saturated carbocycles. The first kappa shape index (κ1) is 22.5. The van der Waals surface area contributed by atoms with Crippen LogP contribution in [0.4, 0.5) is 0 Å². The molecule has 1 nitrogen and oxygen atoms in total. The van der Waals surface area contributed by atoms with Crippen LogP contribution < -0.4 is 0 Å². The third-order valence-electron chi connectivity index (χ3n) is 4.14. The molecule has 0 aromatic carbocycles. The molecule has 0 spiro atoms. The van der Waals surface area contributed by atoms with Crippen LogP contribution in [-0.2, 0) is 0 Å². The van der Waals surface area contributed by atoms with E-state index >= 15 is 0 Å². The zero-order valence-electron chi connectivity index (χ0n) is 17.9. The maximum absolute atomic E-state index is 8.93. The molecule has 23 heavy (non-hydrogen) atoms. The van der Waals surface area contributed by atoms with Gasteiger partial charge < -0.3 is 0 Å². The zero-order chi connectivity index (χ0) is 18.6. The molecule has 0 heterocycles. The Morgan fingerprint density at radius 1 is 0.652 bits per heavy atom. The van der Waals surface area contributed by atoms with Crippen molar-refractivity contribution in [1.82, 2.24) is 0 Å². The van der Waals surface area contributed by atoms with Gasteiger partial charge in [0, 0.05) is 5.92 Å². The van der Waals surface area contributed by atoms with Gasteiger partial charge in [-0.2, -0.15) is 5.26 Å². The topological polar surface area (TPSA) is 23.8 Å². The molecule has 0 N–H and O–H groups in total. The summed E-state index contributed by atoms with van der Waals surface area (Å²) in [5.41, 5.74) is 1.46. The van der Waals surface area contributed by atoms with Crippen molar-refractivity contribution in [2.24, 2.45) is 39.9 Å². The third-order valence-corrected chi connectivity index (χ3v) is 4.14. The molecule has 4 atom stereocenters. The average molecular weight is 322 g/mol. The molecule has 0 saturated heterocycles. The average Bonchev–Trinajstić information content (AvgIpc) is 2.81. The molecule has 0 aromatic rings. The first-order valence-corrected chi connectivity index (χ1v) is 9.42. The van der Waals surface area contributed by atoms with Crippen molar-refractivity contribution in [3.8, 4) is 6.07 Å². The third kappa shape index (κ3) is 10.8. The molecular formula is C22H43N. The summed E-state index contributed by atoms with van der Waals surface area (Å²) in [6, 6.07) is 2.47. The van der Waals surface area contributed by atoms with Gasteiger partial charge in [0.1, 0.15) is 0 Å². The summed E-state index contributed by atoms with van der Waals surface area (Å²) in [6.45, 7) is 24.5. The van der Waals surface area contributed by atoms with Crippen LogP contribution in [0.1, 0.15) is 95.4 Å². The normalized spacial score (nSPS) is 29.8. The van der Waals surface area contributed by atoms with E-state index in [9.17, 15) is 0 Å². The first-order valence-electron chi connectivity index (χ1n) is 9.42. The van der Waals surface area contributed by atoms with Gasteiger partial charge in [0.2, 0.25) is 0 Å². The Morgan fingerprint density at radius 2 is 1.04 bits per heavy atom. The Kier molecular flexibility index (Phi) is 7.87. The lowest BCUT2D eigenvalue weighted by Gasteiger charge is -2.35. The number of hydrogen-bond donors (Lipinski definition) is 0. The van der Waals surface area contributed by atoms with Crippen LogP contribution in [0.3, 0.4) is 0 Å². The Morgan fingerprint density at radius 3 is 1.26 bits per heavy atom. The molecule has 4 unspecified atom stereocenters. The van der Waals surface area contributed by atoms with E-state index in [0.29, 0.717) is 22.2 Å². The predicted octanol–water partition coefficient (Wildman–Crippen LogP) is 7.32. The van der Waals surface area contributed by atoms with Crippen LogP contribution in [-0.4, -0.2) is 0 Å². The Balaban J connectivity index is 0.000000406. The van der Waals surface area contributed by atoms with Crippen LogP contribution in [0.15, 0.2) is 0 Å². The minimum atomic E-state index is 0.392. The van der Waals surface area contributed by atoms with Gasteiger partial charge >= 0.3 is 0 Å². The molecular weight excluding hydrogens is 278 g/mol. The molecule has 0 aromatic heterocycles. The summed E-state index contributed by atoms with van der Waals surface area (Å²) in [5, 5.41) is 8.93. The number of hydrogen-bond acceptors (Lipinski definition) is 1. The summed E-state index contributed by atoms with van der Waals surface area (Å²) in [4.78, 5) is 0. The summed E-state index contributed by atoms with van der Waals surface area (Å²) in [5.74, 6) is 2.86. The SMILES string of the molecule is CC(C)(C)C.CC(C)(C)C.CC(C)(C)C1CC2CC1CC2C#N. The maximum atomic E-state index is 8.93. The minimum absolute atomic E-state index is 0.392. The first-order chi connectivity index (χ1) is 10.0. The highest BCUT2D eigenvalue weighted by Gasteiger charge is 2.49. The molecule has 2 aliphatic carbocycles. The highest BCUT2D eigenvalue weighted by molar-refractivity contribution is 5.04. The van der Waals surface area contributed by atoms with E-state index in [1.54, 1.807) is 0 Å². The molecule has 2 rings (SSSR count). The largest absolute Gasteiger partial charge is 0.198 e. The monoisotopic (exact) mass is 321 g/mol. The molecule has 2 bridgehead atoms. The summed E-state index contributed by atoms with van der Waals surface area (Å²) in [6.07, 6.45) is 3.83. The van der Waals surface area contributed by atoms with E-state index in [-0.39, 0.29) is 0 Å². The number of fused-ring (bicyclic) bond motifs is 2. The highest BCUT2D eigenvalue weighted by atomic mass is 14.5. The van der Waals surface area contributed by atoms with E-state index in [2.05, 4.69) is 82.2 Å². The van der Waals surface area contributed by atoms with Gasteiger partial charge in [0.05, 0.1) is 6.07 Å². The van der Waals surface area contributed by atoms with E-state index in [1.807, 2.05) is 0 Å². The Labute approximate surface area is 147 Å². The molecule has 2 aliphatic rings. The van der Waals surface area contributed by atoms with Gasteiger partial charge in [-0.1, -0.05) is 76.2 Å². The zero-order valence-corrected chi connectivity index (χ0v) is 17.9. The second-order valence-corrected chi connectivity index (χ2v) is 11.9. The van der Waals surface area contributed by atoms with Crippen molar-refractivity contribution < 1.29 is 0 Å². The second kappa shape index (κ2) is 8.04. The van der Waals surface area contributed by atoms with Crippen LogP contribution in [0.5, 0.6) is 0 Å². The van der Waals surface area contributed by atoms with Crippen molar-refractivity contribution in [3.63, 3.8) is 0 Å². The van der Waals surface area contributed by atoms with E-state index < -0.39 is 0 Å². The van der Waals surface area contributed by atoms with Crippen LogP contribution in [0.25, 0.3) is 0 Å². The van der Waals surface area contributed by atoms with Crippen LogP contribution in [0.2, 0.25) is 0 Å². The Hall–Kier alpha value is -0.510. The predicted molar refractivity (Wildman–Crippen MR) is 103 cm³/mol. The Bertz CT molecular complexity index is 356. The van der Waals surface area contributed by atoms with Crippen molar-refractivity contribution >= 4 is 0 Å². The number of rotatable bonds is 0. The van der Waals surface area contributed by atoms with Crippen molar-refractivity contribution in [3.05, 3.63) is 0 Å². The lowest BCUT2D eigenvalue weighted by atomic mass is 9.70.